The van der Waals surface area contributed by atoms with Gasteiger partial charge in [-0.15, -0.1) is 0 Å². The summed E-state index contributed by atoms with van der Waals surface area (Å²) in [5.41, 5.74) is 0.920. The van der Waals surface area contributed by atoms with E-state index in [9.17, 15) is 31.7 Å². The highest BCUT2D eigenvalue weighted by molar-refractivity contribution is 8.14. The molecule has 0 saturated heterocycles. The quantitative estimate of drug-likeness (QED) is 0.380. The van der Waals surface area contributed by atoms with Crippen molar-refractivity contribution in [3.63, 3.8) is 0 Å². The molecule has 2 aromatic carbocycles. The Morgan fingerprint density at radius 2 is 1.65 bits per heavy atom. The van der Waals surface area contributed by atoms with E-state index in [0.29, 0.717) is 5.75 Å². The van der Waals surface area contributed by atoms with Gasteiger partial charge in [0.2, 0.25) is 15.1 Å². The van der Waals surface area contributed by atoms with Crippen molar-refractivity contribution in [1.82, 2.24) is 4.31 Å². The van der Waals surface area contributed by atoms with Gasteiger partial charge in [-0.05, 0) is 36.9 Å². The molecule has 0 bridgehead atoms. The normalized spacial score (nSPS) is 17.2. The van der Waals surface area contributed by atoms with Gasteiger partial charge in [0.05, 0.1) is 20.5 Å². The molecular formula is C22H24N2O7S3. The lowest BCUT2D eigenvalue weighted by atomic mass is 9.99. The van der Waals surface area contributed by atoms with Crippen LogP contribution < -0.4 is 0 Å². The number of aryl methyl sites for hydroxylation is 1. The topological polar surface area (TPSA) is 132 Å². The number of sulfone groups is 1. The summed E-state index contributed by atoms with van der Waals surface area (Å²) in [4.78, 5) is 22.9. The van der Waals surface area contributed by atoms with Gasteiger partial charge < -0.3 is 0 Å². The predicted octanol–water partition coefficient (Wildman–Crippen LogP) is 3.20. The zero-order valence-corrected chi connectivity index (χ0v) is 21.0. The number of nitrogens with zero attached hydrogens (tertiary/aromatic N) is 2. The molecule has 34 heavy (non-hydrogen) atoms. The maximum Gasteiger partial charge on any atom is 0.269 e. The Balaban J connectivity index is 1.93. The molecule has 182 valence electrons. The van der Waals surface area contributed by atoms with Crippen LogP contribution in [0.3, 0.4) is 0 Å². The molecule has 12 heteroatoms. The molecule has 1 aliphatic rings. The Labute approximate surface area is 203 Å². The minimum absolute atomic E-state index is 0.0460. The molecule has 0 radical (unpaired) electrons. The molecule has 1 aliphatic heterocycles. The summed E-state index contributed by atoms with van der Waals surface area (Å²) in [5.74, 6) is -0.906. The zero-order valence-electron chi connectivity index (χ0n) is 18.6. The molecule has 1 atom stereocenters. The number of rotatable bonds is 8. The molecule has 0 aromatic heterocycles. The fourth-order valence-corrected chi connectivity index (χ4v) is 7.25. The molecule has 1 heterocycles. The Kier molecular flexibility index (Phi) is 7.96. The van der Waals surface area contributed by atoms with Crippen molar-refractivity contribution in [2.45, 2.75) is 23.6 Å². The summed E-state index contributed by atoms with van der Waals surface area (Å²) in [6, 6.07) is 10.8. The van der Waals surface area contributed by atoms with E-state index in [-0.39, 0.29) is 39.3 Å². The molecule has 3 rings (SSSR count). The zero-order chi connectivity index (χ0) is 25.1. The van der Waals surface area contributed by atoms with Crippen LogP contribution in [-0.4, -0.2) is 55.8 Å². The van der Waals surface area contributed by atoms with Crippen molar-refractivity contribution in [3.05, 3.63) is 75.9 Å². The van der Waals surface area contributed by atoms with Gasteiger partial charge in [0.1, 0.15) is 0 Å². The van der Waals surface area contributed by atoms with Crippen LogP contribution in [0.25, 0.3) is 0 Å². The van der Waals surface area contributed by atoms with E-state index >= 15 is 0 Å². The molecule has 0 fully saturated rings. The van der Waals surface area contributed by atoms with E-state index in [4.69, 9.17) is 0 Å². The van der Waals surface area contributed by atoms with E-state index in [0.717, 1.165) is 41.6 Å². The standard InChI is InChI=1S/C22H24N2O7S3/c1-3-32-22(25)21-12-13-23(34(30,31)20-8-4-16(2)5-9-20)14-17(21)15-33(28,29)19-10-6-18(7-11-19)24(26)27/h4-12,17H,3,13-15H2,1-2H3. The summed E-state index contributed by atoms with van der Waals surface area (Å²) in [5, 5.41) is 10.6. The van der Waals surface area contributed by atoms with Gasteiger partial charge in [-0.1, -0.05) is 42.5 Å². The minimum Gasteiger partial charge on any atom is -0.282 e. The highest BCUT2D eigenvalue weighted by Gasteiger charge is 2.36. The fourth-order valence-electron chi connectivity index (χ4n) is 3.58. The van der Waals surface area contributed by atoms with Crippen LogP contribution >= 0.6 is 11.8 Å². The third-order valence-corrected chi connectivity index (χ3v) is 9.84. The molecule has 0 aliphatic carbocycles. The molecule has 0 amide bonds. The first kappa shape index (κ1) is 26.1. The number of nitro groups is 1. The van der Waals surface area contributed by atoms with Crippen LogP contribution in [0.4, 0.5) is 5.69 Å². The summed E-state index contributed by atoms with van der Waals surface area (Å²) < 4.78 is 53.7. The molecule has 0 saturated carbocycles. The van der Waals surface area contributed by atoms with Crippen molar-refractivity contribution in [3.8, 4) is 0 Å². The fraction of sp³-hybridized carbons (Fsp3) is 0.318. The van der Waals surface area contributed by atoms with Crippen LogP contribution in [0.2, 0.25) is 0 Å². The van der Waals surface area contributed by atoms with E-state index < -0.39 is 36.5 Å². The maximum absolute atomic E-state index is 13.2. The van der Waals surface area contributed by atoms with Gasteiger partial charge in [0.25, 0.3) is 5.69 Å². The number of benzene rings is 2. The van der Waals surface area contributed by atoms with E-state index in [1.165, 1.54) is 22.5 Å². The third-order valence-electron chi connectivity index (χ3n) is 5.38. The Morgan fingerprint density at radius 3 is 2.21 bits per heavy atom. The SMILES string of the molecule is CCSC(=O)C1=CCN(S(=O)(=O)c2ccc(C)cc2)CC1CS(=O)(=O)c1ccc([N+](=O)[O-])cc1. The minimum atomic E-state index is -3.97. The number of sulfonamides is 1. The Morgan fingerprint density at radius 1 is 1.06 bits per heavy atom. The molecule has 1 unspecified atom stereocenters. The predicted molar refractivity (Wildman–Crippen MR) is 130 cm³/mol. The second-order valence-electron chi connectivity index (χ2n) is 7.74. The Bertz CT molecular complexity index is 1320. The number of carbonyl (C=O) groups excluding carboxylic acids is 1. The molecule has 0 spiro atoms. The summed E-state index contributed by atoms with van der Waals surface area (Å²) in [6.45, 7) is 3.41. The van der Waals surface area contributed by atoms with Gasteiger partial charge in [0, 0.05) is 36.7 Å². The average molecular weight is 525 g/mol. The first-order valence-corrected chi connectivity index (χ1v) is 14.4. The van der Waals surface area contributed by atoms with Crippen LogP contribution in [-0.2, 0) is 24.7 Å². The highest BCUT2D eigenvalue weighted by Crippen LogP contribution is 2.30. The highest BCUT2D eigenvalue weighted by atomic mass is 32.2. The summed E-state index contributed by atoms with van der Waals surface area (Å²) >= 11 is 1.03. The number of hydrogen-bond acceptors (Lipinski definition) is 8. The van der Waals surface area contributed by atoms with Crippen molar-refractivity contribution in [2.75, 3.05) is 24.6 Å². The first-order valence-electron chi connectivity index (χ1n) is 10.4. The van der Waals surface area contributed by atoms with E-state index in [2.05, 4.69) is 0 Å². The number of non-ortho nitro benzene ring substituents is 1. The monoisotopic (exact) mass is 524 g/mol. The van der Waals surface area contributed by atoms with E-state index in [1.807, 2.05) is 6.92 Å². The van der Waals surface area contributed by atoms with Gasteiger partial charge >= 0.3 is 0 Å². The van der Waals surface area contributed by atoms with Crippen LogP contribution in [0, 0.1) is 23.0 Å². The number of carbonyl (C=O) groups is 1. The largest absolute Gasteiger partial charge is 0.282 e. The lowest BCUT2D eigenvalue weighted by Crippen LogP contribution is -2.42. The number of hydrogen-bond donors (Lipinski definition) is 0. The van der Waals surface area contributed by atoms with Crippen molar-refractivity contribution in [2.24, 2.45) is 5.92 Å². The maximum atomic E-state index is 13.2. The van der Waals surface area contributed by atoms with Crippen molar-refractivity contribution >= 4 is 42.4 Å². The van der Waals surface area contributed by atoms with Crippen LogP contribution in [0.5, 0.6) is 0 Å². The van der Waals surface area contributed by atoms with Gasteiger partial charge in [-0.2, -0.15) is 4.31 Å². The van der Waals surface area contributed by atoms with Crippen molar-refractivity contribution < 1.29 is 26.6 Å². The molecule has 0 N–H and O–H groups in total. The second-order valence-corrected chi connectivity index (χ2v) is 13.0. The van der Waals surface area contributed by atoms with Crippen LogP contribution in [0.15, 0.2) is 70.0 Å². The number of nitro benzene ring substituents is 1. The van der Waals surface area contributed by atoms with Gasteiger partial charge in [-0.3, -0.25) is 14.9 Å². The number of thioether (sulfide) groups is 1. The Hall–Kier alpha value is -2.54. The molecular weight excluding hydrogens is 500 g/mol. The summed E-state index contributed by atoms with van der Waals surface area (Å²) in [6.07, 6.45) is 1.48. The smallest absolute Gasteiger partial charge is 0.269 e. The lowest BCUT2D eigenvalue weighted by Gasteiger charge is -2.31. The lowest BCUT2D eigenvalue weighted by molar-refractivity contribution is -0.384. The second kappa shape index (κ2) is 10.4. The molecule has 9 nitrogen and oxygen atoms in total. The van der Waals surface area contributed by atoms with Gasteiger partial charge in [-0.25, -0.2) is 16.8 Å². The van der Waals surface area contributed by atoms with Gasteiger partial charge in [0.15, 0.2) is 9.84 Å². The average Bonchev–Trinajstić information content (AvgIpc) is 2.79. The van der Waals surface area contributed by atoms with E-state index in [1.54, 1.807) is 19.1 Å². The van der Waals surface area contributed by atoms with Crippen molar-refractivity contribution in [1.29, 1.82) is 0 Å². The third kappa shape index (κ3) is 5.74. The first-order chi connectivity index (χ1) is 16.0. The van der Waals surface area contributed by atoms with Crippen LogP contribution in [0.1, 0.15) is 12.5 Å². The summed E-state index contributed by atoms with van der Waals surface area (Å²) in [7, 11) is -7.88. The molecule has 2 aromatic rings.